The first-order valence-electron chi connectivity index (χ1n) is 12.7. The highest BCUT2D eigenvalue weighted by molar-refractivity contribution is 5.97. The highest BCUT2D eigenvalue weighted by Gasteiger charge is 2.27. The van der Waals surface area contributed by atoms with Crippen LogP contribution < -0.4 is 4.74 Å². The monoisotopic (exact) mass is 488 g/mol. The first kappa shape index (κ1) is 24.1. The molecule has 0 aliphatic carbocycles. The highest BCUT2D eigenvalue weighted by atomic mass is 16.5. The third-order valence-electron chi connectivity index (χ3n) is 6.93. The van der Waals surface area contributed by atoms with Gasteiger partial charge in [0.25, 0.3) is 0 Å². The predicted octanol–water partition coefficient (Wildman–Crippen LogP) is 2.97. The lowest BCUT2D eigenvalue weighted by Gasteiger charge is -2.32. The largest absolute Gasteiger partial charge is 0.491 e. The van der Waals surface area contributed by atoms with Crippen LogP contribution >= 0.6 is 0 Å². The molecule has 0 N–H and O–H groups in total. The Labute approximate surface area is 211 Å². The molecule has 3 aromatic rings. The SMILES string of the molecule is O=C(c1cccnc1)C1CCCN(Cc2ccc3c(c2)CN(C(=O)CCCn2cncn2)CCO3)C1. The zero-order valence-electron chi connectivity index (χ0n) is 20.5. The van der Waals surface area contributed by atoms with Crippen LogP contribution in [-0.4, -0.2) is 67.5 Å². The summed E-state index contributed by atoms with van der Waals surface area (Å²) in [5, 5.41) is 4.09. The number of aryl methyl sites for hydroxylation is 1. The highest BCUT2D eigenvalue weighted by Crippen LogP contribution is 2.27. The molecular formula is C27H32N6O3. The molecule has 0 radical (unpaired) electrons. The fourth-order valence-electron chi connectivity index (χ4n) is 5.07. The maximum atomic E-state index is 12.9. The number of ketones is 1. The normalized spacial score (nSPS) is 18.2. The quantitative estimate of drug-likeness (QED) is 0.450. The summed E-state index contributed by atoms with van der Waals surface area (Å²) in [4.78, 5) is 38.1. The Morgan fingerprint density at radius 1 is 1.14 bits per heavy atom. The fourth-order valence-corrected chi connectivity index (χ4v) is 5.07. The van der Waals surface area contributed by atoms with Gasteiger partial charge in [-0.2, -0.15) is 5.10 Å². The van der Waals surface area contributed by atoms with E-state index in [-0.39, 0.29) is 17.6 Å². The molecule has 5 rings (SSSR count). The van der Waals surface area contributed by atoms with Crippen LogP contribution in [0.25, 0.3) is 0 Å². The molecule has 0 bridgehead atoms. The van der Waals surface area contributed by atoms with Gasteiger partial charge in [-0.05, 0) is 55.6 Å². The molecule has 36 heavy (non-hydrogen) atoms. The third-order valence-corrected chi connectivity index (χ3v) is 6.93. The number of ether oxygens (including phenoxy) is 1. The van der Waals surface area contributed by atoms with Crippen molar-refractivity contribution < 1.29 is 14.3 Å². The standard InChI is InChI=1S/C27H32N6O3/c34-26(6-3-11-33-20-29-19-30-33)32-12-13-36-25-8-7-21(14-24(25)18-32)16-31-10-2-5-23(17-31)27(35)22-4-1-9-28-15-22/h1,4,7-9,14-15,19-20,23H,2-3,5-6,10-13,16-18H2. The van der Waals surface area contributed by atoms with E-state index < -0.39 is 0 Å². The predicted molar refractivity (Wildman–Crippen MR) is 133 cm³/mol. The molecular weight excluding hydrogens is 456 g/mol. The summed E-state index contributed by atoms with van der Waals surface area (Å²) in [5.74, 6) is 1.16. The molecule has 1 unspecified atom stereocenters. The van der Waals surface area contributed by atoms with E-state index in [2.05, 4.69) is 32.1 Å². The molecule has 1 saturated heterocycles. The van der Waals surface area contributed by atoms with E-state index in [0.29, 0.717) is 38.2 Å². The number of hydrogen-bond acceptors (Lipinski definition) is 7. The first-order valence-corrected chi connectivity index (χ1v) is 12.7. The van der Waals surface area contributed by atoms with Crippen molar-refractivity contribution in [3.8, 4) is 5.75 Å². The Balaban J connectivity index is 1.19. The van der Waals surface area contributed by atoms with Crippen molar-refractivity contribution in [1.82, 2.24) is 29.5 Å². The van der Waals surface area contributed by atoms with E-state index in [1.54, 1.807) is 23.4 Å². The number of hydrogen-bond donors (Lipinski definition) is 0. The lowest BCUT2D eigenvalue weighted by atomic mass is 9.90. The van der Waals surface area contributed by atoms with E-state index in [0.717, 1.165) is 50.2 Å². The molecule has 2 aliphatic heterocycles. The van der Waals surface area contributed by atoms with Gasteiger partial charge in [0.05, 0.1) is 6.54 Å². The number of carbonyl (C=O) groups is 2. The molecule has 0 spiro atoms. The first-order chi connectivity index (χ1) is 17.7. The maximum Gasteiger partial charge on any atom is 0.223 e. The van der Waals surface area contributed by atoms with E-state index in [4.69, 9.17) is 4.74 Å². The third kappa shape index (κ3) is 5.96. The topological polar surface area (TPSA) is 93.5 Å². The van der Waals surface area contributed by atoms with Crippen LogP contribution in [0.2, 0.25) is 0 Å². The summed E-state index contributed by atoms with van der Waals surface area (Å²) >= 11 is 0. The molecule has 9 heteroatoms. The number of benzene rings is 1. The number of piperidine rings is 1. The summed E-state index contributed by atoms with van der Waals surface area (Å²) in [7, 11) is 0. The van der Waals surface area contributed by atoms with Crippen molar-refractivity contribution in [2.24, 2.45) is 5.92 Å². The number of pyridine rings is 1. The number of likely N-dealkylation sites (tertiary alicyclic amines) is 1. The lowest BCUT2D eigenvalue weighted by molar-refractivity contribution is -0.132. The Kier molecular flexibility index (Phi) is 7.66. The molecule has 2 aromatic heterocycles. The van der Waals surface area contributed by atoms with Crippen molar-refractivity contribution in [2.45, 2.75) is 45.3 Å². The van der Waals surface area contributed by atoms with Crippen LogP contribution in [0.4, 0.5) is 0 Å². The summed E-state index contributed by atoms with van der Waals surface area (Å²) in [6.45, 7) is 4.79. The Hall–Kier alpha value is -3.59. The maximum absolute atomic E-state index is 12.9. The van der Waals surface area contributed by atoms with Crippen LogP contribution in [0, 0.1) is 5.92 Å². The summed E-state index contributed by atoms with van der Waals surface area (Å²) < 4.78 is 7.70. The summed E-state index contributed by atoms with van der Waals surface area (Å²) in [5.41, 5.74) is 2.90. The molecule has 1 aromatic carbocycles. The minimum Gasteiger partial charge on any atom is -0.491 e. The van der Waals surface area contributed by atoms with Gasteiger partial charge in [0.1, 0.15) is 25.0 Å². The van der Waals surface area contributed by atoms with Gasteiger partial charge in [-0.15, -0.1) is 0 Å². The van der Waals surface area contributed by atoms with Crippen LogP contribution in [-0.2, 0) is 24.4 Å². The van der Waals surface area contributed by atoms with Crippen molar-refractivity contribution in [1.29, 1.82) is 0 Å². The molecule has 188 valence electrons. The summed E-state index contributed by atoms with van der Waals surface area (Å²) in [6, 6.07) is 9.94. The number of amides is 1. The van der Waals surface area contributed by atoms with Gasteiger partial charge in [0, 0.05) is 62.0 Å². The second kappa shape index (κ2) is 11.4. The van der Waals surface area contributed by atoms with Crippen LogP contribution in [0.5, 0.6) is 5.75 Å². The number of carbonyl (C=O) groups excluding carboxylic acids is 2. The van der Waals surface area contributed by atoms with Gasteiger partial charge >= 0.3 is 0 Å². The summed E-state index contributed by atoms with van der Waals surface area (Å²) in [6.07, 6.45) is 9.63. The second-order valence-corrected chi connectivity index (χ2v) is 9.55. The van der Waals surface area contributed by atoms with Crippen LogP contribution in [0.3, 0.4) is 0 Å². The molecule has 1 fully saturated rings. The Bertz CT molecular complexity index is 1170. The molecule has 0 saturated carbocycles. The number of fused-ring (bicyclic) bond motifs is 1. The van der Waals surface area contributed by atoms with Crippen molar-refractivity contribution in [2.75, 3.05) is 26.2 Å². The van der Waals surface area contributed by atoms with Crippen molar-refractivity contribution >= 4 is 11.7 Å². The van der Waals surface area contributed by atoms with Gasteiger partial charge in [-0.3, -0.25) is 24.2 Å². The van der Waals surface area contributed by atoms with Crippen molar-refractivity contribution in [3.63, 3.8) is 0 Å². The minimum absolute atomic E-state index is 0.00209. The number of rotatable bonds is 8. The van der Waals surface area contributed by atoms with Crippen molar-refractivity contribution in [3.05, 3.63) is 72.1 Å². The fraction of sp³-hybridized carbons (Fsp3) is 0.444. The molecule has 2 aliphatic rings. The van der Waals surface area contributed by atoms with E-state index in [1.807, 2.05) is 23.1 Å². The van der Waals surface area contributed by atoms with E-state index >= 15 is 0 Å². The smallest absolute Gasteiger partial charge is 0.223 e. The average Bonchev–Trinajstić information content (AvgIpc) is 3.34. The van der Waals surface area contributed by atoms with Crippen LogP contribution in [0.15, 0.2) is 55.4 Å². The van der Waals surface area contributed by atoms with Crippen LogP contribution in [0.1, 0.15) is 47.2 Å². The second-order valence-electron chi connectivity index (χ2n) is 9.55. The number of nitrogens with zero attached hydrogens (tertiary/aromatic N) is 6. The number of Topliss-reactive ketones (excluding diaryl/α,β-unsaturated/α-hetero) is 1. The zero-order valence-corrected chi connectivity index (χ0v) is 20.5. The van der Waals surface area contributed by atoms with Gasteiger partial charge in [-0.25, -0.2) is 4.98 Å². The number of aromatic nitrogens is 4. The van der Waals surface area contributed by atoms with Gasteiger partial charge in [0.2, 0.25) is 5.91 Å². The Morgan fingerprint density at radius 2 is 2.08 bits per heavy atom. The molecule has 1 atom stereocenters. The van der Waals surface area contributed by atoms with E-state index in [9.17, 15) is 9.59 Å². The molecule has 9 nitrogen and oxygen atoms in total. The lowest BCUT2D eigenvalue weighted by Crippen LogP contribution is -2.38. The Morgan fingerprint density at radius 3 is 2.92 bits per heavy atom. The van der Waals surface area contributed by atoms with Gasteiger partial charge < -0.3 is 9.64 Å². The molecule has 4 heterocycles. The van der Waals surface area contributed by atoms with Gasteiger partial charge in [0.15, 0.2) is 5.78 Å². The minimum atomic E-state index is -0.00209. The average molecular weight is 489 g/mol. The van der Waals surface area contributed by atoms with E-state index in [1.165, 1.54) is 11.9 Å². The molecule has 1 amide bonds. The van der Waals surface area contributed by atoms with Gasteiger partial charge in [-0.1, -0.05) is 6.07 Å². The zero-order chi connectivity index (χ0) is 24.7.